The second-order valence-corrected chi connectivity index (χ2v) is 7.66. The van der Waals surface area contributed by atoms with E-state index in [0.29, 0.717) is 44.6 Å². The van der Waals surface area contributed by atoms with Crippen LogP contribution >= 0.6 is 11.6 Å². The molecule has 7 nitrogen and oxygen atoms in total. The van der Waals surface area contributed by atoms with E-state index in [1.807, 2.05) is 30.3 Å². The van der Waals surface area contributed by atoms with Crippen LogP contribution in [0.15, 0.2) is 88.8 Å². The molecule has 0 saturated carbocycles. The molecule has 1 amide bonds. The van der Waals surface area contributed by atoms with Gasteiger partial charge in [0.25, 0.3) is 11.5 Å². The summed E-state index contributed by atoms with van der Waals surface area (Å²) < 4.78 is 6.69. The minimum Gasteiger partial charge on any atom is -0.497 e. The van der Waals surface area contributed by atoms with Crippen LogP contribution in [0.5, 0.6) is 5.75 Å². The van der Waals surface area contributed by atoms with Gasteiger partial charge in [-0.1, -0.05) is 29.8 Å². The summed E-state index contributed by atoms with van der Waals surface area (Å²) in [6.07, 6.45) is 0. The van der Waals surface area contributed by atoms with Crippen molar-refractivity contribution < 1.29 is 9.53 Å². The fourth-order valence-corrected chi connectivity index (χ4v) is 3.50. The maximum absolute atomic E-state index is 13.4. The van der Waals surface area contributed by atoms with Crippen LogP contribution in [0.3, 0.4) is 0 Å². The number of nitrogens with zero attached hydrogens (tertiary/aromatic N) is 2. The molecule has 0 aliphatic carbocycles. The zero-order chi connectivity index (χ0) is 23.4. The zero-order valence-corrected chi connectivity index (χ0v) is 18.8. The quantitative estimate of drug-likeness (QED) is 0.332. The van der Waals surface area contributed by atoms with Crippen LogP contribution in [0.2, 0.25) is 5.02 Å². The monoisotopic (exact) mass is 460 g/mol. The minimum absolute atomic E-state index is 0.283. The topological polar surface area (TPSA) is 88.5 Å². The molecule has 0 radical (unpaired) electrons. The summed E-state index contributed by atoms with van der Waals surface area (Å²) in [4.78, 5) is 26.0. The second kappa shape index (κ2) is 9.58. The summed E-state index contributed by atoms with van der Waals surface area (Å²) >= 11 is 5.91. The number of H-pyrrole nitrogens is 1. The van der Waals surface area contributed by atoms with Crippen molar-refractivity contribution in [3.63, 3.8) is 0 Å². The summed E-state index contributed by atoms with van der Waals surface area (Å²) in [5.74, 6) is 0.241. The summed E-state index contributed by atoms with van der Waals surface area (Å²) in [5, 5.41) is 7.98. The lowest BCUT2D eigenvalue weighted by molar-refractivity contribution is 0.0955. The molecule has 0 spiro atoms. The van der Waals surface area contributed by atoms with E-state index in [4.69, 9.17) is 16.3 Å². The van der Waals surface area contributed by atoms with E-state index in [-0.39, 0.29) is 5.56 Å². The Balaban J connectivity index is 1.79. The highest BCUT2D eigenvalue weighted by atomic mass is 35.5. The third kappa shape index (κ3) is 4.73. The number of methoxy groups -OCH3 is 1. The predicted molar refractivity (Wildman–Crippen MR) is 129 cm³/mol. The molecule has 0 fully saturated rings. The number of benzene rings is 3. The number of hydrogen-bond donors (Lipinski definition) is 2. The minimum atomic E-state index is -0.422. The molecule has 8 heteroatoms. The van der Waals surface area contributed by atoms with Crippen LogP contribution in [-0.2, 0) is 0 Å². The van der Waals surface area contributed by atoms with E-state index in [9.17, 15) is 9.59 Å². The summed E-state index contributed by atoms with van der Waals surface area (Å²) in [6.45, 7) is 1.79. The molecule has 2 N–H and O–H groups in total. The molecule has 0 bridgehead atoms. The van der Waals surface area contributed by atoms with E-state index in [1.54, 1.807) is 62.6 Å². The van der Waals surface area contributed by atoms with Gasteiger partial charge >= 0.3 is 0 Å². The van der Waals surface area contributed by atoms with Crippen LogP contribution in [0, 0.1) is 6.92 Å². The third-order valence-corrected chi connectivity index (χ3v) is 5.31. The highest BCUT2D eigenvalue weighted by Crippen LogP contribution is 2.17. The molecule has 33 heavy (non-hydrogen) atoms. The number of rotatable bonds is 6. The van der Waals surface area contributed by atoms with Gasteiger partial charge in [-0.15, -0.1) is 0 Å². The van der Waals surface area contributed by atoms with Crippen molar-refractivity contribution in [2.75, 3.05) is 7.11 Å². The van der Waals surface area contributed by atoms with E-state index >= 15 is 0 Å². The molecular weight excluding hydrogens is 440 g/mol. The number of amides is 1. The Morgan fingerprint density at radius 3 is 2.24 bits per heavy atom. The SMILES string of the molecule is COc1ccc(C(=NNC(=O)c2ccc(Cl)cc2)c2c(C)[nH]n(-c3ccccc3)c2=O)cc1. The number of aromatic amines is 1. The lowest BCUT2D eigenvalue weighted by Crippen LogP contribution is -2.25. The normalized spacial score (nSPS) is 11.3. The molecule has 0 aliphatic rings. The van der Waals surface area contributed by atoms with Gasteiger partial charge in [0.15, 0.2) is 0 Å². The van der Waals surface area contributed by atoms with Crippen molar-refractivity contribution in [3.8, 4) is 11.4 Å². The Kier molecular flexibility index (Phi) is 6.42. The fraction of sp³-hybridized carbons (Fsp3) is 0.0800. The van der Waals surface area contributed by atoms with Gasteiger partial charge < -0.3 is 4.74 Å². The number of aromatic nitrogens is 2. The molecule has 0 atom stereocenters. The Hall–Kier alpha value is -4.10. The smallest absolute Gasteiger partial charge is 0.281 e. The second-order valence-electron chi connectivity index (χ2n) is 7.22. The van der Waals surface area contributed by atoms with Gasteiger partial charge in [0.2, 0.25) is 0 Å². The van der Waals surface area contributed by atoms with E-state index < -0.39 is 5.91 Å². The highest BCUT2D eigenvalue weighted by Gasteiger charge is 2.20. The van der Waals surface area contributed by atoms with Crippen LogP contribution in [0.25, 0.3) is 5.69 Å². The maximum Gasteiger partial charge on any atom is 0.281 e. The van der Waals surface area contributed by atoms with Crippen molar-refractivity contribution in [2.24, 2.45) is 5.10 Å². The summed E-state index contributed by atoms with van der Waals surface area (Å²) in [7, 11) is 1.57. The molecule has 0 saturated heterocycles. The molecular formula is C25H21ClN4O3. The molecule has 0 aliphatic heterocycles. The van der Waals surface area contributed by atoms with Crippen molar-refractivity contribution in [1.82, 2.24) is 15.2 Å². The molecule has 0 unspecified atom stereocenters. The molecule has 1 aromatic heterocycles. The van der Waals surface area contributed by atoms with Crippen LogP contribution in [0.4, 0.5) is 0 Å². The number of hydrazone groups is 1. The first-order chi connectivity index (χ1) is 16.0. The Morgan fingerprint density at radius 2 is 1.61 bits per heavy atom. The van der Waals surface area contributed by atoms with Crippen molar-refractivity contribution in [2.45, 2.75) is 6.92 Å². The van der Waals surface area contributed by atoms with Gasteiger partial charge in [-0.25, -0.2) is 10.1 Å². The number of para-hydroxylation sites is 1. The highest BCUT2D eigenvalue weighted by molar-refractivity contribution is 6.30. The number of halogens is 1. The molecule has 4 rings (SSSR count). The van der Waals surface area contributed by atoms with E-state index in [0.717, 1.165) is 0 Å². The number of ether oxygens (including phenoxy) is 1. The Morgan fingerprint density at radius 1 is 0.970 bits per heavy atom. The predicted octanol–water partition coefficient (Wildman–Crippen LogP) is 4.32. The molecule has 3 aromatic carbocycles. The number of carbonyl (C=O) groups excluding carboxylic acids is 1. The van der Waals surface area contributed by atoms with Gasteiger partial charge in [-0.2, -0.15) is 5.10 Å². The van der Waals surface area contributed by atoms with Gasteiger partial charge in [-0.3, -0.25) is 14.7 Å². The fourth-order valence-electron chi connectivity index (χ4n) is 3.37. The largest absolute Gasteiger partial charge is 0.497 e. The van der Waals surface area contributed by atoms with Crippen LogP contribution in [-0.4, -0.2) is 28.5 Å². The van der Waals surface area contributed by atoms with Gasteiger partial charge in [0.1, 0.15) is 11.5 Å². The molecule has 166 valence electrons. The van der Waals surface area contributed by atoms with Gasteiger partial charge in [0, 0.05) is 21.8 Å². The third-order valence-electron chi connectivity index (χ3n) is 5.06. The maximum atomic E-state index is 13.4. The molecule has 4 aromatic rings. The molecule has 1 heterocycles. The summed E-state index contributed by atoms with van der Waals surface area (Å²) in [5.41, 5.74) is 5.29. The standard InChI is InChI=1S/C25H21ClN4O3/c1-16-22(25(32)30(29-16)20-6-4-3-5-7-20)23(17-10-14-21(33-2)15-11-17)27-28-24(31)18-8-12-19(26)13-9-18/h3-15,29H,1-2H3,(H,28,31). The van der Waals surface area contributed by atoms with E-state index in [1.165, 1.54) is 4.68 Å². The lowest BCUT2D eigenvalue weighted by atomic mass is 10.0. The van der Waals surface area contributed by atoms with Gasteiger partial charge in [0.05, 0.1) is 18.4 Å². The van der Waals surface area contributed by atoms with Crippen molar-refractivity contribution in [3.05, 3.63) is 117 Å². The average Bonchev–Trinajstić information content (AvgIpc) is 3.14. The van der Waals surface area contributed by atoms with Gasteiger partial charge in [-0.05, 0) is 67.6 Å². The van der Waals surface area contributed by atoms with Crippen LogP contribution < -0.4 is 15.7 Å². The Bertz CT molecular complexity index is 1360. The Labute approximate surface area is 195 Å². The van der Waals surface area contributed by atoms with Crippen molar-refractivity contribution in [1.29, 1.82) is 0 Å². The van der Waals surface area contributed by atoms with Crippen molar-refractivity contribution >= 4 is 23.2 Å². The first-order valence-corrected chi connectivity index (χ1v) is 10.5. The van der Waals surface area contributed by atoms with E-state index in [2.05, 4.69) is 15.6 Å². The first-order valence-electron chi connectivity index (χ1n) is 10.1. The summed E-state index contributed by atoms with van der Waals surface area (Å²) in [6, 6.07) is 22.8. The number of aryl methyl sites for hydroxylation is 1. The first kappa shape index (κ1) is 22.1. The lowest BCUT2D eigenvalue weighted by Gasteiger charge is -2.08. The zero-order valence-electron chi connectivity index (χ0n) is 18.0. The van der Waals surface area contributed by atoms with Crippen LogP contribution in [0.1, 0.15) is 27.2 Å². The number of carbonyl (C=O) groups is 1. The average molecular weight is 461 g/mol. The number of nitrogens with one attached hydrogen (secondary N) is 2. The number of hydrogen-bond acceptors (Lipinski definition) is 4.